The number of nitrogens with zero attached hydrogens (tertiary/aromatic N) is 1. The molecule has 0 unspecified atom stereocenters. The van der Waals surface area contributed by atoms with E-state index in [4.69, 9.17) is 9.47 Å². The van der Waals surface area contributed by atoms with Gasteiger partial charge < -0.3 is 24.6 Å². The summed E-state index contributed by atoms with van der Waals surface area (Å²) in [6.45, 7) is 1.34. The fourth-order valence-electron chi connectivity index (χ4n) is 2.39. The molecule has 0 spiro atoms. The third kappa shape index (κ3) is 2.78. The Hall–Kier alpha value is -2.09. The van der Waals surface area contributed by atoms with Crippen molar-refractivity contribution >= 4 is 23.6 Å². The molecule has 2 N–H and O–H groups in total. The van der Waals surface area contributed by atoms with Crippen LogP contribution in [0.3, 0.4) is 0 Å². The molecule has 1 heterocycles. The Morgan fingerprint density at radius 2 is 1.82 bits per heavy atom. The third-order valence-electron chi connectivity index (χ3n) is 3.44. The Balaban J connectivity index is 2.46. The SMILES string of the molecule is COc1cc([C@H]2SC[C@@H](C(=O)O)N2C(C)=O)cc(OC)c1O. The summed E-state index contributed by atoms with van der Waals surface area (Å²) in [6.07, 6.45) is 0. The lowest BCUT2D eigenvalue weighted by molar-refractivity contribution is -0.148. The number of carboxylic acids is 1. The lowest BCUT2D eigenvalue weighted by Gasteiger charge is -2.27. The Morgan fingerprint density at radius 3 is 2.23 bits per heavy atom. The van der Waals surface area contributed by atoms with E-state index < -0.39 is 17.4 Å². The van der Waals surface area contributed by atoms with Gasteiger partial charge in [-0.2, -0.15) is 0 Å². The number of ether oxygens (including phenoxy) is 2. The van der Waals surface area contributed by atoms with Gasteiger partial charge in [-0.15, -0.1) is 11.8 Å². The van der Waals surface area contributed by atoms with Crippen LogP contribution in [0.4, 0.5) is 0 Å². The van der Waals surface area contributed by atoms with Crippen LogP contribution in [-0.4, -0.2) is 53.0 Å². The Bertz CT molecular complexity index is 580. The van der Waals surface area contributed by atoms with Crippen LogP contribution in [0, 0.1) is 0 Å². The number of phenols is 1. The van der Waals surface area contributed by atoms with Crippen LogP contribution in [0.25, 0.3) is 0 Å². The molecule has 22 heavy (non-hydrogen) atoms. The minimum Gasteiger partial charge on any atom is -0.502 e. The molecule has 0 radical (unpaired) electrons. The fraction of sp³-hybridized carbons (Fsp3) is 0.429. The second kappa shape index (κ2) is 6.35. The van der Waals surface area contributed by atoms with Crippen LogP contribution in [0.1, 0.15) is 17.9 Å². The van der Waals surface area contributed by atoms with Gasteiger partial charge in [0.25, 0.3) is 0 Å². The van der Waals surface area contributed by atoms with Crippen LogP contribution in [0.2, 0.25) is 0 Å². The third-order valence-corrected chi connectivity index (χ3v) is 4.76. The molecule has 120 valence electrons. The molecule has 1 aromatic carbocycles. The zero-order chi connectivity index (χ0) is 16.4. The zero-order valence-corrected chi connectivity index (χ0v) is 13.2. The van der Waals surface area contributed by atoms with Crippen LogP contribution < -0.4 is 9.47 Å². The van der Waals surface area contributed by atoms with Gasteiger partial charge in [0.05, 0.1) is 14.2 Å². The number of aliphatic carboxylic acids is 1. The molecule has 1 saturated heterocycles. The number of methoxy groups -OCH3 is 2. The molecule has 1 aromatic rings. The molecule has 8 heteroatoms. The number of rotatable bonds is 4. The van der Waals surface area contributed by atoms with Gasteiger partial charge in [-0.1, -0.05) is 0 Å². The summed E-state index contributed by atoms with van der Waals surface area (Å²) >= 11 is 1.34. The van der Waals surface area contributed by atoms with Crippen LogP contribution in [-0.2, 0) is 9.59 Å². The van der Waals surface area contributed by atoms with E-state index >= 15 is 0 Å². The maximum Gasteiger partial charge on any atom is 0.327 e. The monoisotopic (exact) mass is 327 g/mol. The van der Waals surface area contributed by atoms with Crippen LogP contribution in [0.5, 0.6) is 17.2 Å². The predicted molar refractivity (Wildman–Crippen MR) is 80.4 cm³/mol. The molecule has 1 aliphatic heterocycles. The Morgan fingerprint density at radius 1 is 1.27 bits per heavy atom. The normalized spacial score (nSPS) is 20.8. The smallest absolute Gasteiger partial charge is 0.327 e. The largest absolute Gasteiger partial charge is 0.502 e. The summed E-state index contributed by atoms with van der Waals surface area (Å²) in [5.41, 5.74) is 0.635. The van der Waals surface area contributed by atoms with E-state index in [1.807, 2.05) is 0 Å². The standard InChI is InChI=1S/C14H17NO6S/c1-7(16)15-9(14(18)19)6-22-13(15)8-4-10(20-2)12(17)11(5-8)21-3/h4-5,9,13,17H,6H2,1-3H3,(H,18,19)/t9-,13+/m0/s1. The molecule has 0 bridgehead atoms. The van der Waals surface area contributed by atoms with E-state index in [1.54, 1.807) is 12.1 Å². The number of hydrogen-bond donors (Lipinski definition) is 2. The van der Waals surface area contributed by atoms with Crippen molar-refractivity contribution in [2.75, 3.05) is 20.0 Å². The topological polar surface area (TPSA) is 96.3 Å². The van der Waals surface area contributed by atoms with Gasteiger partial charge in [0.1, 0.15) is 11.4 Å². The fourth-order valence-corrected chi connectivity index (χ4v) is 3.85. The molecule has 0 aliphatic carbocycles. The summed E-state index contributed by atoms with van der Waals surface area (Å²) in [4.78, 5) is 24.5. The van der Waals surface area contributed by atoms with Crippen LogP contribution in [0.15, 0.2) is 12.1 Å². The number of carbonyl (C=O) groups is 2. The number of thioether (sulfide) groups is 1. The highest BCUT2D eigenvalue weighted by Crippen LogP contribution is 2.46. The van der Waals surface area contributed by atoms with Crippen molar-refractivity contribution in [2.45, 2.75) is 18.3 Å². The zero-order valence-electron chi connectivity index (χ0n) is 12.4. The van der Waals surface area contributed by atoms with E-state index in [0.717, 1.165) is 0 Å². The maximum absolute atomic E-state index is 11.9. The molecular weight excluding hydrogens is 310 g/mol. The maximum atomic E-state index is 11.9. The highest BCUT2D eigenvalue weighted by atomic mass is 32.2. The van der Waals surface area contributed by atoms with Gasteiger partial charge >= 0.3 is 5.97 Å². The molecule has 1 fully saturated rings. The van der Waals surface area contributed by atoms with Crippen molar-refractivity contribution in [1.82, 2.24) is 4.90 Å². The number of aromatic hydroxyl groups is 1. The lowest BCUT2D eigenvalue weighted by Crippen LogP contribution is -2.41. The molecule has 0 saturated carbocycles. The van der Waals surface area contributed by atoms with Crippen molar-refractivity contribution in [3.8, 4) is 17.2 Å². The summed E-state index contributed by atoms with van der Waals surface area (Å²) in [7, 11) is 2.81. The number of carboxylic acid groups (broad SMARTS) is 1. The number of hydrogen-bond acceptors (Lipinski definition) is 6. The quantitative estimate of drug-likeness (QED) is 0.864. The van der Waals surface area contributed by atoms with Gasteiger partial charge in [-0.25, -0.2) is 4.79 Å². The first-order valence-electron chi connectivity index (χ1n) is 6.48. The van der Waals surface area contributed by atoms with Crippen molar-refractivity contribution in [3.63, 3.8) is 0 Å². The predicted octanol–water partition coefficient (Wildman–Crippen LogP) is 1.46. The van der Waals surface area contributed by atoms with Gasteiger partial charge in [-0.3, -0.25) is 4.79 Å². The highest BCUT2D eigenvalue weighted by molar-refractivity contribution is 7.99. The summed E-state index contributed by atoms with van der Waals surface area (Å²) in [6, 6.07) is 2.28. The van der Waals surface area contributed by atoms with E-state index in [9.17, 15) is 19.8 Å². The number of benzene rings is 1. The summed E-state index contributed by atoms with van der Waals surface area (Å²) in [5.74, 6) is -0.794. The second-order valence-electron chi connectivity index (χ2n) is 4.74. The summed E-state index contributed by atoms with van der Waals surface area (Å²) < 4.78 is 10.2. The van der Waals surface area contributed by atoms with Crippen molar-refractivity contribution < 1.29 is 29.3 Å². The average Bonchev–Trinajstić information content (AvgIpc) is 2.92. The average molecular weight is 327 g/mol. The van der Waals surface area contributed by atoms with Crippen LogP contribution >= 0.6 is 11.8 Å². The first-order valence-corrected chi connectivity index (χ1v) is 7.53. The van der Waals surface area contributed by atoms with E-state index in [1.165, 1.54) is 37.8 Å². The van der Waals surface area contributed by atoms with Crippen molar-refractivity contribution in [2.24, 2.45) is 0 Å². The minimum atomic E-state index is -1.04. The number of phenolic OH excluding ortho intramolecular Hbond substituents is 1. The Kier molecular flexibility index (Phi) is 4.70. The number of carbonyl (C=O) groups excluding carboxylic acids is 1. The van der Waals surface area contributed by atoms with E-state index in [2.05, 4.69) is 0 Å². The second-order valence-corrected chi connectivity index (χ2v) is 5.85. The Labute approximate surface area is 131 Å². The number of amides is 1. The molecule has 7 nitrogen and oxygen atoms in total. The molecule has 2 atom stereocenters. The van der Waals surface area contributed by atoms with Gasteiger partial charge in [-0.05, 0) is 17.7 Å². The van der Waals surface area contributed by atoms with Gasteiger partial charge in [0.15, 0.2) is 11.5 Å². The van der Waals surface area contributed by atoms with Crippen molar-refractivity contribution in [1.29, 1.82) is 0 Å². The highest BCUT2D eigenvalue weighted by Gasteiger charge is 2.41. The molecule has 0 aromatic heterocycles. The first-order chi connectivity index (χ1) is 10.4. The summed E-state index contributed by atoms with van der Waals surface area (Å²) in [5, 5.41) is 18.7. The lowest BCUT2D eigenvalue weighted by atomic mass is 10.1. The minimum absolute atomic E-state index is 0.138. The van der Waals surface area contributed by atoms with E-state index in [0.29, 0.717) is 11.3 Å². The molecule has 1 aliphatic rings. The first kappa shape index (κ1) is 16.3. The molecule has 1 amide bonds. The van der Waals surface area contributed by atoms with Crippen molar-refractivity contribution in [3.05, 3.63) is 17.7 Å². The molecule has 2 rings (SSSR count). The van der Waals surface area contributed by atoms with Gasteiger partial charge in [0.2, 0.25) is 11.7 Å². The molecular formula is C14H17NO6S. The van der Waals surface area contributed by atoms with E-state index in [-0.39, 0.29) is 23.2 Å². The van der Waals surface area contributed by atoms with Gasteiger partial charge in [0, 0.05) is 12.7 Å².